The van der Waals surface area contributed by atoms with Crippen molar-refractivity contribution in [2.45, 2.75) is 25.9 Å². The molecule has 0 aliphatic carbocycles. The summed E-state index contributed by atoms with van der Waals surface area (Å²) in [6.45, 7) is 2.64. The number of amides is 1. The quantitative estimate of drug-likeness (QED) is 0.807. The van der Waals surface area contributed by atoms with Gasteiger partial charge in [0.25, 0.3) is 0 Å². The molecule has 0 saturated carbocycles. The first kappa shape index (κ1) is 18.0. The van der Waals surface area contributed by atoms with Crippen LogP contribution in [0.15, 0.2) is 54.6 Å². The van der Waals surface area contributed by atoms with Crippen molar-refractivity contribution >= 4 is 11.9 Å². The molecular weight excluding hydrogens is 330 g/mol. The molecule has 136 valence electrons. The standard InChI is InChI=1S/C21H23NO4/c1-2-25-21(24)17-10-6-7-11-18(17)26-20(15-8-4-3-5-9-15)16-12-13-19(23)22-14-16/h3-11,16,20H,2,12-14H2,1H3,(H,22,23)/t16-,20-/m0/s1. The van der Waals surface area contributed by atoms with E-state index in [0.29, 0.717) is 30.9 Å². The summed E-state index contributed by atoms with van der Waals surface area (Å²) >= 11 is 0. The Morgan fingerprint density at radius 2 is 1.88 bits per heavy atom. The average molecular weight is 353 g/mol. The Labute approximate surface area is 153 Å². The maximum atomic E-state index is 12.2. The van der Waals surface area contributed by atoms with Crippen molar-refractivity contribution < 1.29 is 19.1 Å². The molecule has 3 rings (SSSR count). The minimum absolute atomic E-state index is 0.0694. The summed E-state index contributed by atoms with van der Waals surface area (Å²) in [5, 5.41) is 2.92. The molecule has 0 aromatic heterocycles. The fraction of sp³-hybridized carbons (Fsp3) is 0.333. The molecule has 0 bridgehead atoms. The van der Waals surface area contributed by atoms with Crippen LogP contribution >= 0.6 is 0 Å². The summed E-state index contributed by atoms with van der Waals surface area (Å²) in [5.41, 5.74) is 1.43. The summed E-state index contributed by atoms with van der Waals surface area (Å²) in [6, 6.07) is 17.0. The van der Waals surface area contributed by atoms with Crippen molar-refractivity contribution in [2.75, 3.05) is 13.2 Å². The second kappa shape index (κ2) is 8.52. The van der Waals surface area contributed by atoms with Gasteiger partial charge in [0.1, 0.15) is 17.4 Å². The zero-order valence-corrected chi connectivity index (χ0v) is 14.8. The van der Waals surface area contributed by atoms with Gasteiger partial charge in [-0.2, -0.15) is 0 Å². The van der Waals surface area contributed by atoms with Gasteiger partial charge in [0, 0.05) is 18.9 Å². The third kappa shape index (κ3) is 4.23. The molecule has 1 N–H and O–H groups in total. The molecule has 5 heteroatoms. The van der Waals surface area contributed by atoms with E-state index in [1.165, 1.54) is 0 Å². The third-order valence-corrected chi connectivity index (χ3v) is 4.50. The van der Waals surface area contributed by atoms with E-state index in [-0.39, 0.29) is 17.9 Å². The van der Waals surface area contributed by atoms with E-state index in [1.54, 1.807) is 25.1 Å². The summed E-state index contributed by atoms with van der Waals surface area (Å²) in [4.78, 5) is 23.8. The lowest BCUT2D eigenvalue weighted by Crippen LogP contribution is -2.38. The van der Waals surface area contributed by atoms with Crippen molar-refractivity contribution in [1.82, 2.24) is 5.32 Å². The summed E-state index contributed by atoms with van der Waals surface area (Å²) < 4.78 is 11.5. The molecule has 2 aromatic carbocycles. The van der Waals surface area contributed by atoms with Gasteiger partial charge in [0.15, 0.2) is 0 Å². The van der Waals surface area contributed by atoms with Gasteiger partial charge in [-0.25, -0.2) is 4.79 Å². The molecule has 2 atom stereocenters. The van der Waals surface area contributed by atoms with Gasteiger partial charge < -0.3 is 14.8 Å². The Morgan fingerprint density at radius 1 is 1.15 bits per heavy atom. The SMILES string of the molecule is CCOC(=O)c1ccccc1O[C@@H](c1ccccc1)[C@H]1CCC(=O)NC1. The number of para-hydroxylation sites is 1. The predicted octanol–water partition coefficient (Wildman–Crippen LogP) is 3.51. The number of nitrogens with one attached hydrogen (secondary N) is 1. The van der Waals surface area contributed by atoms with Gasteiger partial charge >= 0.3 is 5.97 Å². The van der Waals surface area contributed by atoms with Crippen LogP contribution in [0.1, 0.15) is 41.8 Å². The van der Waals surface area contributed by atoms with Crippen molar-refractivity contribution in [2.24, 2.45) is 5.92 Å². The van der Waals surface area contributed by atoms with Crippen molar-refractivity contribution in [1.29, 1.82) is 0 Å². The number of rotatable bonds is 6. The van der Waals surface area contributed by atoms with Gasteiger partial charge in [-0.1, -0.05) is 42.5 Å². The second-order valence-electron chi connectivity index (χ2n) is 6.27. The number of hydrogen-bond acceptors (Lipinski definition) is 4. The van der Waals surface area contributed by atoms with Crippen LogP contribution in [0.25, 0.3) is 0 Å². The first-order valence-corrected chi connectivity index (χ1v) is 8.93. The topological polar surface area (TPSA) is 64.6 Å². The minimum atomic E-state index is -0.396. The van der Waals surface area contributed by atoms with Gasteiger partial charge in [-0.15, -0.1) is 0 Å². The zero-order chi connectivity index (χ0) is 18.4. The van der Waals surface area contributed by atoms with Crippen LogP contribution < -0.4 is 10.1 Å². The average Bonchev–Trinajstić information content (AvgIpc) is 2.68. The molecule has 0 spiro atoms. The summed E-state index contributed by atoms with van der Waals surface area (Å²) in [7, 11) is 0. The molecule has 26 heavy (non-hydrogen) atoms. The molecule has 2 aromatic rings. The van der Waals surface area contributed by atoms with Gasteiger partial charge in [-0.05, 0) is 31.0 Å². The van der Waals surface area contributed by atoms with E-state index in [4.69, 9.17) is 9.47 Å². The van der Waals surface area contributed by atoms with Crippen LogP contribution in [0.3, 0.4) is 0 Å². The third-order valence-electron chi connectivity index (χ3n) is 4.50. The van der Waals surface area contributed by atoms with E-state index >= 15 is 0 Å². The zero-order valence-electron chi connectivity index (χ0n) is 14.8. The first-order valence-electron chi connectivity index (χ1n) is 8.93. The molecule has 0 unspecified atom stereocenters. The largest absolute Gasteiger partial charge is 0.484 e. The first-order chi connectivity index (χ1) is 12.7. The summed E-state index contributed by atoms with van der Waals surface area (Å²) in [5.74, 6) is 0.300. The van der Waals surface area contributed by atoms with E-state index in [1.807, 2.05) is 36.4 Å². The lowest BCUT2D eigenvalue weighted by Gasteiger charge is -2.31. The molecule has 0 radical (unpaired) electrons. The van der Waals surface area contributed by atoms with E-state index in [9.17, 15) is 9.59 Å². The highest BCUT2D eigenvalue weighted by Gasteiger charge is 2.30. The van der Waals surface area contributed by atoms with Crippen molar-refractivity contribution in [3.63, 3.8) is 0 Å². The molecule has 1 heterocycles. The molecule has 1 fully saturated rings. The van der Waals surface area contributed by atoms with Crippen LogP contribution in [-0.4, -0.2) is 25.0 Å². The fourth-order valence-electron chi connectivity index (χ4n) is 3.17. The van der Waals surface area contributed by atoms with Crippen LogP contribution in [-0.2, 0) is 9.53 Å². The Hall–Kier alpha value is -2.82. The number of piperidine rings is 1. The number of hydrogen-bond donors (Lipinski definition) is 1. The number of carbonyl (C=O) groups is 2. The fourth-order valence-corrected chi connectivity index (χ4v) is 3.17. The Kier molecular flexibility index (Phi) is 5.89. The van der Waals surface area contributed by atoms with E-state index in [0.717, 1.165) is 12.0 Å². The number of benzene rings is 2. The molecule has 1 aliphatic heterocycles. The normalized spacial score (nSPS) is 17.9. The predicted molar refractivity (Wildman–Crippen MR) is 97.9 cm³/mol. The van der Waals surface area contributed by atoms with E-state index < -0.39 is 5.97 Å². The highest BCUT2D eigenvalue weighted by Crippen LogP contribution is 2.34. The van der Waals surface area contributed by atoms with Gasteiger partial charge in [0.2, 0.25) is 5.91 Å². The minimum Gasteiger partial charge on any atom is -0.484 e. The highest BCUT2D eigenvalue weighted by molar-refractivity contribution is 5.92. The molecule has 1 amide bonds. The maximum Gasteiger partial charge on any atom is 0.341 e. The van der Waals surface area contributed by atoms with Gasteiger partial charge in [0.05, 0.1) is 6.61 Å². The van der Waals surface area contributed by atoms with Crippen LogP contribution in [0, 0.1) is 5.92 Å². The van der Waals surface area contributed by atoms with E-state index in [2.05, 4.69) is 5.32 Å². The molecular formula is C21H23NO4. The lowest BCUT2D eigenvalue weighted by atomic mass is 9.89. The Balaban J connectivity index is 1.89. The smallest absolute Gasteiger partial charge is 0.341 e. The van der Waals surface area contributed by atoms with Crippen LogP contribution in [0.5, 0.6) is 5.75 Å². The molecule has 1 aliphatic rings. The van der Waals surface area contributed by atoms with Crippen molar-refractivity contribution in [3.05, 3.63) is 65.7 Å². The number of carbonyl (C=O) groups excluding carboxylic acids is 2. The highest BCUT2D eigenvalue weighted by atomic mass is 16.5. The number of esters is 1. The van der Waals surface area contributed by atoms with Crippen LogP contribution in [0.2, 0.25) is 0 Å². The monoisotopic (exact) mass is 353 g/mol. The Morgan fingerprint density at radius 3 is 2.58 bits per heavy atom. The van der Waals surface area contributed by atoms with Gasteiger partial charge in [-0.3, -0.25) is 4.79 Å². The van der Waals surface area contributed by atoms with Crippen molar-refractivity contribution in [3.8, 4) is 5.75 Å². The lowest BCUT2D eigenvalue weighted by molar-refractivity contribution is -0.123. The number of ether oxygens (including phenoxy) is 2. The molecule has 1 saturated heterocycles. The second-order valence-corrected chi connectivity index (χ2v) is 6.27. The molecule has 5 nitrogen and oxygen atoms in total. The summed E-state index contributed by atoms with van der Waals surface area (Å²) in [6.07, 6.45) is 0.969. The van der Waals surface area contributed by atoms with Crippen LogP contribution in [0.4, 0.5) is 0 Å². The Bertz CT molecular complexity index is 750. The maximum absolute atomic E-state index is 12.2.